The molecule has 0 amide bonds. The minimum absolute atomic E-state index is 0. The molecule has 0 radical (unpaired) electrons. The molecule has 3 aromatic rings. The molecule has 0 fully saturated rings. The molecular formula is C21H22NNaO3S. The van der Waals surface area contributed by atoms with Crippen molar-refractivity contribution < 1.29 is 44.2 Å². The number of hydrogen-bond acceptors (Lipinski definition) is 5. The fourth-order valence-electron chi connectivity index (χ4n) is 2.96. The van der Waals surface area contributed by atoms with Gasteiger partial charge in [-0.05, 0) is 51.8 Å². The maximum atomic E-state index is 11.9. The third-order valence-corrected chi connectivity index (χ3v) is 4.98. The van der Waals surface area contributed by atoms with Crippen LogP contribution in [0.2, 0.25) is 0 Å². The van der Waals surface area contributed by atoms with Gasteiger partial charge in [-0.3, -0.25) is 0 Å². The molecule has 3 rings (SSSR count). The minimum atomic E-state index is -1.26. The summed E-state index contributed by atoms with van der Waals surface area (Å²) in [6, 6.07) is 10.1. The van der Waals surface area contributed by atoms with Crippen molar-refractivity contribution in [1.82, 2.24) is 4.98 Å². The number of fused-ring (bicyclic) bond motifs is 1. The Hall–Kier alpha value is -1.24. The first-order chi connectivity index (χ1) is 12.2. The number of carboxylic acids is 1. The number of aromatic nitrogens is 1. The number of carbonyl (C=O) groups is 1. The molecule has 1 atom stereocenters. The number of nitrogens with zero attached hydrogens (tertiary/aromatic N) is 1. The predicted octanol–water partition coefficient (Wildman–Crippen LogP) is 1.19. The molecule has 2 heterocycles. The second-order valence-corrected chi connectivity index (χ2v) is 8.69. The van der Waals surface area contributed by atoms with E-state index in [1.807, 2.05) is 58.9 Å². The molecule has 2 aromatic heterocycles. The van der Waals surface area contributed by atoms with Crippen molar-refractivity contribution in [2.45, 2.75) is 46.3 Å². The van der Waals surface area contributed by atoms with Gasteiger partial charge in [0.25, 0.3) is 0 Å². The zero-order valence-electron chi connectivity index (χ0n) is 16.6. The number of carboxylic acid groups (broad SMARTS) is 1. The number of rotatable bonds is 4. The van der Waals surface area contributed by atoms with Gasteiger partial charge < -0.3 is 14.6 Å². The number of hydrogen-bond donors (Lipinski definition) is 0. The van der Waals surface area contributed by atoms with Gasteiger partial charge in [0.1, 0.15) is 10.9 Å². The molecule has 136 valence electrons. The molecule has 0 spiro atoms. The molecule has 0 N–H and O–H groups in total. The fraction of sp³-hybridized carbons (Fsp3) is 0.333. The van der Waals surface area contributed by atoms with Crippen LogP contribution in [-0.2, 0) is 9.53 Å². The average Bonchev–Trinajstić information content (AvgIpc) is 2.92. The topological polar surface area (TPSA) is 62.2 Å². The first-order valence-electron chi connectivity index (χ1n) is 8.50. The fourth-order valence-corrected chi connectivity index (χ4v) is 3.82. The van der Waals surface area contributed by atoms with Gasteiger partial charge >= 0.3 is 29.6 Å². The number of carbonyl (C=O) groups excluding carboxylic acids is 1. The van der Waals surface area contributed by atoms with Crippen molar-refractivity contribution in [3.05, 3.63) is 52.5 Å². The van der Waals surface area contributed by atoms with Crippen molar-refractivity contribution in [3.8, 4) is 11.1 Å². The number of pyridine rings is 1. The van der Waals surface area contributed by atoms with Crippen LogP contribution in [0.3, 0.4) is 0 Å². The first-order valence-corrected chi connectivity index (χ1v) is 9.32. The largest absolute Gasteiger partial charge is 1.00 e. The zero-order chi connectivity index (χ0) is 19.1. The normalized spacial score (nSPS) is 12.6. The molecule has 4 nitrogen and oxygen atoms in total. The molecule has 1 aromatic carbocycles. The van der Waals surface area contributed by atoms with Crippen molar-refractivity contribution in [2.24, 2.45) is 0 Å². The second-order valence-electron chi connectivity index (χ2n) is 7.46. The number of thiophene rings is 1. The van der Waals surface area contributed by atoms with Crippen molar-refractivity contribution >= 4 is 27.5 Å². The maximum absolute atomic E-state index is 11.9. The van der Waals surface area contributed by atoms with E-state index in [4.69, 9.17) is 4.74 Å². The van der Waals surface area contributed by atoms with E-state index in [2.05, 4.69) is 11.1 Å². The van der Waals surface area contributed by atoms with E-state index in [-0.39, 0.29) is 29.6 Å². The van der Waals surface area contributed by atoms with E-state index in [0.717, 1.165) is 31.8 Å². The van der Waals surface area contributed by atoms with Crippen LogP contribution in [0.1, 0.15) is 42.9 Å². The van der Waals surface area contributed by atoms with Crippen molar-refractivity contribution in [1.29, 1.82) is 0 Å². The third kappa shape index (κ3) is 4.98. The third-order valence-electron chi connectivity index (χ3n) is 4.02. The van der Waals surface area contributed by atoms with Gasteiger partial charge in [-0.25, -0.2) is 4.98 Å². The average molecular weight is 391 g/mol. The van der Waals surface area contributed by atoms with Gasteiger partial charge in [0.15, 0.2) is 0 Å². The molecule has 1 unspecified atom stereocenters. The Morgan fingerprint density at radius 2 is 1.81 bits per heavy atom. The monoisotopic (exact) mass is 391 g/mol. The minimum Gasteiger partial charge on any atom is -0.547 e. The summed E-state index contributed by atoms with van der Waals surface area (Å²) in [7, 11) is 0. The summed E-state index contributed by atoms with van der Waals surface area (Å²) in [5.41, 5.74) is 2.82. The van der Waals surface area contributed by atoms with Crippen LogP contribution in [0, 0.1) is 13.8 Å². The van der Waals surface area contributed by atoms with Gasteiger partial charge in [-0.15, -0.1) is 11.3 Å². The quantitative estimate of drug-likeness (QED) is 0.627. The molecule has 27 heavy (non-hydrogen) atoms. The van der Waals surface area contributed by atoms with Crippen LogP contribution in [0.5, 0.6) is 0 Å². The molecule has 0 bridgehead atoms. The number of aryl methyl sites for hydroxylation is 2. The second kappa shape index (κ2) is 8.41. The zero-order valence-corrected chi connectivity index (χ0v) is 19.4. The summed E-state index contributed by atoms with van der Waals surface area (Å²) < 4.78 is 5.83. The predicted molar refractivity (Wildman–Crippen MR) is 103 cm³/mol. The van der Waals surface area contributed by atoms with Gasteiger partial charge in [0.2, 0.25) is 0 Å². The summed E-state index contributed by atoms with van der Waals surface area (Å²) in [4.78, 5) is 18.4. The van der Waals surface area contributed by atoms with E-state index in [1.54, 1.807) is 17.5 Å². The summed E-state index contributed by atoms with van der Waals surface area (Å²) >= 11 is 1.59. The summed E-state index contributed by atoms with van der Waals surface area (Å²) in [6.07, 6.45) is 0.419. The standard InChI is InChI=1S/C21H23NO3S.Na/c1-12-6-8-14(9-7-12)17-15-10-13(2)26-19(15)22-11-16(17)18(20(23)24)25-21(3,4)5;/h6-11,18H,1-5H3,(H,23,24);/q;+1/p-1. The molecular weight excluding hydrogens is 369 g/mol. The van der Waals surface area contributed by atoms with E-state index in [1.165, 1.54) is 0 Å². The molecule has 6 heteroatoms. The van der Waals surface area contributed by atoms with E-state index in [9.17, 15) is 9.90 Å². The van der Waals surface area contributed by atoms with Crippen LogP contribution >= 0.6 is 11.3 Å². The van der Waals surface area contributed by atoms with E-state index in [0.29, 0.717) is 5.56 Å². The Bertz CT molecular complexity index is 958. The Labute approximate surface area is 185 Å². The summed E-state index contributed by atoms with van der Waals surface area (Å²) in [6.45, 7) is 9.53. The van der Waals surface area contributed by atoms with Crippen molar-refractivity contribution in [3.63, 3.8) is 0 Å². The number of aliphatic carboxylic acids is 1. The van der Waals surface area contributed by atoms with Crippen molar-refractivity contribution in [2.75, 3.05) is 0 Å². The first kappa shape index (κ1) is 22.1. The van der Waals surface area contributed by atoms with E-state index < -0.39 is 17.7 Å². The summed E-state index contributed by atoms with van der Waals surface area (Å²) in [5.74, 6) is -1.26. The Kier molecular flexibility index (Phi) is 6.87. The van der Waals surface area contributed by atoms with Gasteiger partial charge in [-0.2, -0.15) is 0 Å². The van der Waals surface area contributed by atoms with Crippen LogP contribution in [0.4, 0.5) is 0 Å². The molecule has 0 aliphatic rings. The van der Waals surface area contributed by atoms with Crippen LogP contribution in [-0.4, -0.2) is 16.6 Å². The van der Waals surface area contributed by atoms with Gasteiger partial charge in [-0.1, -0.05) is 29.8 Å². The van der Waals surface area contributed by atoms with Crippen LogP contribution < -0.4 is 34.7 Å². The Morgan fingerprint density at radius 3 is 2.37 bits per heavy atom. The molecule has 0 saturated carbocycles. The maximum Gasteiger partial charge on any atom is 1.00 e. The molecule has 0 aliphatic heterocycles. The Balaban J connectivity index is 0.00000261. The summed E-state index contributed by atoms with van der Waals surface area (Å²) in [5, 5.41) is 12.8. The SMILES string of the molecule is Cc1ccc(-c2c(C(OC(C)(C)C)C(=O)[O-])cnc3sc(C)cc23)cc1.[Na+]. The van der Waals surface area contributed by atoms with Gasteiger partial charge in [0.05, 0.1) is 11.6 Å². The molecule has 0 saturated heterocycles. The van der Waals surface area contributed by atoms with E-state index >= 15 is 0 Å². The Morgan fingerprint density at radius 1 is 1.19 bits per heavy atom. The number of ether oxygens (including phenoxy) is 1. The number of benzene rings is 1. The smallest absolute Gasteiger partial charge is 0.547 e. The van der Waals surface area contributed by atoms with Crippen LogP contribution in [0.25, 0.3) is 21.3 Å². The van der Waals surface area contributed by atoms with Crippen LogP contribution in [0.15, 0.2) is 36.5 Å². The van der Waals surface area contributed by atoms with Gasteiger partial charge in [0, 0.05) is 22.0 Å². The molecule has 0 aliphatic carbocycles.